The van der Waals surface area contributed by atoms with Crippen LogP contribution in [0.5, 0.6) is 0 Å². The fourth-order valence-corrected chi connectivity index (χ4v) is 2.71. The van der Waals surface area contributed by atoms with Crippen LogP contribution in [0.15, 0.2) is 16.1 Å². The largest absolute Gasteiger partial charge is 0.465 e. The minimum atomic E-state index is -0.856. The van der Waals surface area contributed by atoms with Crippen LogP contribution < -0.4 is 0 Å². The lowest BCUT2D eigenvalue weighted by Crippen LogP contribution is -2.33. The molecule has 6 heteroatoms. The molecule has 0 unspecified atom stereocenters. The maximum Gasteiger partial charge on any atom is 0.407 e. The van der Waals surface area contributed by atoms with E-state index in [0.717, 1.165) is 20.8 Å². The van der Waals surface area contributed by atoms with E-state index in [9.17, 15) is 4.79 Å². The Kier molecular flexibility index (Phi) is 3.06. The van der Waals surface area contributed by atoms with Crippen LogP contribution in [0, 0.1) is 0 Å². The second-order valence-corrected chi connectivity index (χ2v) is 5.59. The Morgan fingerprint density at radius 2 is 2.47 bits per heavy atom. The number of nitrogens with zero attached hydrogens (tertiary/aromatic N) is 2. The number of halogens is 1. The summed E-state index contributed by atoms with van der Waals surface area (Å²) < 4.78 is 0.999. The predicted molar refractivity (Wildman–Crippen MR) is 62.0 cm³/mol. The minimum Gasteiger partial charge on any atom is -0.465 e. The second kappa shape index (κ2) is 4.32. The molecule has 1 aromatic heterocycles. The van der Waals surface area contributed by atoms with Crippen LogP contribution in [0.3, 0.4) is 0 Å². The Labute approximate surface area is 99.4 Å². The van der Waals surface area contributed by atoms with Gasteiger partial charge in [0.1, 0.15) is 5.01 Å². The number of aromatic nitrogens is 1. The van der Waals surface area contributed by atoms with Gasteiger partial charge in [-0.05, 0) is 27.9 Å². The van der Waals surface area contributed by atoms with Crippen molar-refractivity contribution < 1.29 is 9.90 Å². The van der Waals surface area contributed by atoms with Crippen molar-refractivity contribution in [2.24, 2.45) is 0 Å². The number of hydrogen-bond acceptors (Lipinski definition) is 3. The van der Waals surface area contributed by atoms with Gasteiger partial charge in [0.25, 0.3) is 0 Å². The van der Waals surface area contributed by atoms with E-state index in [1.165, 1.54) is 4.90 Å². The molecule has 0 fully saturated rings. The maximum absolute atomic E-state index is 10.7. The molecule has 0 aromatic carbocycles. The predicted octanol–water partition coefficient (Wildman–Crippen LogP) is 2.67. The Hall–Kier alpha value is -0.880. The summed E-state index contributed by atoms with van der Waals surface area (Å²) in [6.07, 6.45) is 3.59. The van der Waals surface area contributed by atoms with Crippen LogP contribution in [0.25, 0.3) is 5.57 Å². The topological polar surface area (TPSA) is 53.4 Å². The average molecular weight is 289 g/mol. The highest BCUT2D eigenvalue weighted by atomic mass is 79.9. The minimum absolute atomic E-state index is 0.460. The zero-order valence-corrected chi connectivity index (χ0v) is 10.2. The molecule has 0 radical (unpaired) electrons. The van der Waals surface area contributed by atoms with Crippen molar-refractivity contribution in [1.29, 1.82) is 0 Å². The molecule has 1 N–H and O–H groups in total. The zero-order valence-electron chi connectivity index (χ0n) is 7.81. The van der Waals surface area contributed by atoms with Gasteiger partial charge in [0.2, 0.25) is 0 Å². The molecule has 0 spiro atoms. The Morgan fingerprint density at radius 1 is 1.67 bits per heavy atom. The number of amides is 1. The summed E-state index contributed by atoms with van der Waals surface area (Å²) in [6.45, 7) is 1.01. The quantitative estimate of drug-likeness (QED) is 0.864. The molecule has 80 valence electrons. The molecule has 2 heterocycles. The van der Waals surface area contributed by atoms with Gasteiger partial charge in [0.05, 0.1) is 9.98 Å². The summed E-state index contributed by atoms with van der Waals surface area (Å²) in [6, 6.07) is 0. The molecule has 0 saturated carbocycles. The van der Waals surface area contributed by atoms with E-state index >= 15 is 0 Å². The van der Waals surface area contributed by atoms with E-state index in [1.54, 1.807) is 17.5 Å². The summed E-state index contributed by atoms with van der Waals surface area (Å²) >= 11 is 4.93. The van der Waals surface area contributed by atoms with Crippen LogP contribution in [0.4, 0.5) is 4.79 Å². The SMILES string of the molecule is O=C(O)N1CC=C(c2ncc(Br)s2)CC1. The first-order chi connectivity index (χ1) is 7.16. The highest BCUT2D eigenvalue weighted by Crippen LogP contribution is 2.28. The van der Waals surface area contributed by atoms with Crippen molar-refractivity contribution in [3.63, 3.8) is 0 Å². The van der Waals surface area contributed by atoms with E-state index in [-0.39, 0.29) is 0 Å². The van der Waals surface area contributed by atoms with Crippen LogP contribution in [-0.4, -0.2) is 34.2 Å². The normalized spacial score (nSPS) is 16.3. The van der Waals surface area contributed by atoms with Gasteiger partial charge in [0, 0.05) is 13.1 Å². The Morgan fingerprint density at radius 3 is 2.93 bits per heavy atom. The molecule has 0 bridgehead atoms. The summed E-state index contributed by atoms with van der Waals surface area (Å²) in [7, 11) is 0. The lowest BCUT2D eigenvalue weighted by atomic mass is 10.1. The lowest BCUT2D eigenvalue weighted by Gasteiger charge is -2.22. The van der Waals surface area contributed by atoms with E-state index in [2.05, 4.69) is 20.9 Å². The standard InChI is InChI=1S/C9H9BrN2O2S/c10-7-5-11-8(15-7)6-1-3-12(4-2-6)9(13)14/h1,5H,2-4H2,(H,13,14). The number of rotatable bonds is 1. The van der Waals surface area contributed by atoms with Gasteiger partial charge in [-0.3, -0.25) is 0 Å². The van der Waals surface area contributed by atoms with Crippen molar-refractivity contribution in [1.82, 2.24) is 9.88 Å². The first kappa shape index (κ1) is 10.6. The van der Waals surface area contributed by atoms with Gasteiger partial charge in [-0.1, -0.05) is 6.08 Å². The molecule has 2 rings (SSSR count). The Bertz CT molecular complexity index is 416. The molecule has 1 amide bonds. The number of thiazole rings is 1. The van der Waals surface area contributed by atoms with E-state index in [4.69, 9.17) is 5.11 Å². The molecular weight excluding hydrogens is 280 g/mol. The van der Waals surface area contributed by atoms with Gasteiger partial charge in [0.15, 0.2) is 0 Å². The molecule has 1 aliphatic rings. The number of carbonyl (C=O) groups is 1. The van der Waals surface area contributed by atoms with Gasteiger partial charge < -0.3 is 10.0 Å². The van der Waals surface area contributed by atoms with Crippen LogP contribution in [0.2, 0.25) is 0 Å². The molecule has 4 nitrogen and oxygen atoms in total. The Balaban J connectivity index is 2.11. The van der Waals surface area contributed by atoms with Gasteiger partial charge in [-0.2, -0.15) is 0 Å². The first-order valence-electron chi connectivity index (χ1n) is 4.45. The van der Waals surface area contributed by atoms with Gasteiger partial charge in [-0.25, -0.2) is 9.78 Å². The van der Waals surface area contributed by atoms with E-state index < -0.39 is 6.09 Å². The molecule has 0 saturated heterocycles. The molecular formula is C9H9BrN2O2S. The smallest absolute Gasteiger partial charge is 0.407 e. The summed E-state index contributed by atoms with van der Waals surface area (Å²) in [4.78, 5) is 16.3. The second-order valence-electron chi connectivity index (χ2n) is 3.18. The molecule has 1 aliphatic heterocycles. The monoisotopic (exact) mass is 288 g/mol. The molecule has 0 atom stereocenters. The lowest BCUT2D eigenvalue weighted by molar-refractivity contribution is 0.150. The molecule has 15 heavy (non-hydrogen) atoms. The third-order valence-electron chi connectivity index (χ3n) is 2.23. The van der Waals surface area contributed by atoms with Crippen LogP contribution in [-0.2, 0) is 0 Å². The number of hydrogen-bond donors (Lipinski definition) is 1. The third-order valence-corrected chi connectivity index (χ3v) is 3.78. The van der Waals surface area contributed by atoms with E-state index in [1.807, 2.05) is 6.08 Å². The summed E-state index contributed by atoms with van der Waals surface area (Å²) in [5, 5.41) is 9.75. The maximum atomic E-state index is 10.7. The van der Waals surface area contributed by atoms with Crippen molar-refractivity contribution in [2.45, 2.75) is 6.42 Å². The highest BCUT2D eigenvalue weighted by Gasteiger charge is 2.17. The third kappa shape index (κ3) is 2.38. The van der Waals surface area contributed by atoms with Crippen molar-refractivity contribution in [3.05, 3.63) is 21.1 Å². The average Bonchev–Trinajstić information content (AvgIpc) is 2.65. The highest BCUT2D eigenvalue weighted by molar-refractivity contribution is 9.11. The van der Waals surface area contributed by atoms with Gasteiger partial charge >= 0.3 is 6.09 Å². The van der Waals surface area contributed by atoms with Crippen molar-refractivity contribution >= 4 is 38.9 Å². The van der Waals surface area contributed by atoms with E-state index in [0.29, 0.717) is 13.1 Å². The van der Waals surface area contributed by atoms with Gasteiger partial charge in [-0.15, -0.1) is 11.3 Å². The van der Waals surface area contributed by atoms with Crippen molar-refractivity contribution in [2.75, 3.05) is 13.1 Å². The van der Waals surface area contributed by atoms with Crippen LogP contribution in [0.1, 0.15) is 11.4 Å². The zero-order chi connectivity index (χ0) is 10.8. The first-order valence-corrected chi connectivity index (χ1v) is 6.06. The summed E-state index contributed by atoms with van der Waals surface area (Å²) in [5.74, 6) is 0. The molecule has 1 aromatic rings. The fourth-order valence-electron chi connectivity index (χ4n) is 1.44. The number of carboxylic acid groups (broad SMARTS) is 1. The molecule has 0 aliphatic carbocycles. The van der Waals surface area contributed by atoms with Crippen LogP contribution >= 0.6 is 27.3 Å². The fraction of sp³-hybridized carbons (Fsp3) is 0.333. The summed E-state index contributed by atoms with van der Waals surface area (Å²) in [5.41, 5.74) is 1.14. The van der Waals surface area contributed by atoms with Crippen molar-refractivity contribution in [3.8, 4) is 0 Å².